The van der Waals surface area contributed by atoms with Gasteiger partial charge in [-0.15, -0.1) is 0 Å². The molecule has 1 aromatic heterocycles. The van der Waals surface area contributed by atoms with Crippen LogP contribution in [0.2, 0.25) is 0 Å². The Balaban J connectivity index is 2.29. The number of benzene rings is 1. The van der Waals surface area contributed by atoms with Crippen LogP contribution in [0.4, 0.5) is 16.3 Å². The smallest absolute Gasteiger partial charge is 0.411 e. The van der Waals surface area contributed by atoms with Gasteiger partial charge < -0.3 is 15.2 Å². The lowest BCUT2D eigenvalue weighted by Crippen LogP contribution is -2.15. The molecule has 0 aliphatic carbocycles. The second-order valence-corrected chi connectivity index (χ2v) is 8.12. The Morgan fingerprint density at radius 1 is 1.14 bits per heavy atom. The molecule has 160 valence electrons. The van der Waals surface area contributed by atoms with Gasteiger partial charge in [0, 0.05) is 23.2 Å². The van der Waals surface area contributed by atoms with Gasteiger partial charge in [0.25, 0.3) is 0 Å². The number of aromatic nitrogens is 2. The van der Waals surface area contributed by atoms with Crippen molar-refractivity contribution in [3.8, 4) is 11.4 Å². The van der Waals surface area contributed by atoms with Crippen LogP contribution in [0, 0.1) is 0 Å². The van der Waals surface area contributed by atoms with Gasteiger partial charge >= 0.3 is 6.09 Å². The number of anilines is 2. The third-order valence-corrected chi connectivity index (χ3v) is 4.43. The zero-order valence-corrected chi connectivity index (χ0v) is 18.2. The van der Waals surface area contributed by atoms with Crippen molar-refractivity contribution in [2.45, 2.75) is 65.7 Å². The monoisotopic (exact) mass is 402 g/mol. The van der Waals surface area contributed by atoms with Crippen LogP contribution in [-0.2, 0) is 10.2 Å². The zero-order valence-electron chi connectivity index (χ0n) is 18.2. The van der Waals surface area contributed by atoms with Crippen molar-refractivity contribution in [2.24, 2.45) is 0 Å². The second-order valence-electron chi connectivity index (χ2n) is 8.12. The largest absolute Gasteiger partial charge is 0.491 e. The molecule has 2 rings (SSSR count). The van der Waals surface area contributed by atoms with Gasteiger partial charge in [0.15, 0.2) is 0 Å². The lowest BCUT2D eigenvalue weighted by molar-refractivity contribution is 0.160. The average Bonchev–Trinajstić information content (AvgIpc) is 3.04. The number of nitrogens with zero attached hydrogens (tertiary/aromatic N) is 2. The molecular formula is C22H34N4O3. The number of carbonyl (C=O) groups excluding carboxylic acids is 1. The molecular weight excluding hydrogens is 368 g/mol. The number of nitrogen functional groups attached to an aromatic ring is 1. The van der Waals surface area contributed by atoms with E-state index in [1.54, 1.807) is 16.8 Å². The molecule has 0 aliphatic rings. The van der Waals surface area contributed by atoms with Crippen molar-refractivity contribution in [3.63, 3.8) is 0 Å². The van der Waals surface area contributed by atoms with E-state index < -0.39 is 6.09 Å². The van der Waals surface area contributed by atoms with Crippen LogP contribution in [0.25, 0.3) is 5.69 Å². The maximum Gasteiger partial charge on any atom is 0.411 e. The summed E-state index contributed by atoms with van der Waals surface area (Å²) in [7, 11) is 0. The number of amides is 1. The van der Waals surface area contributed by atoms with E-state index in [1.807, 2.05) is 19.1 Å². The van der Waals surface area contributed by atoms with E-state index in [2.05, 4.69) is 38.1 Å². The summed E-state index contributed by atoms with van der Waals surface area (Å²) < 4.78 is 12.9. The molecule has 7 nitrogen and oxygen atoms in total. The standard InChI is InChI=1S/C22H34N4O3/c1-6-8-12-28-18-14-16(24-21(27)29-13-9-7-2)10-11-17(18)26-20(23)15-19(25-26)22(3,4)5/h10-11,14-15H,6-9,12-13,23H2,1-5H3,(H,24,27). The lowest BCUT2D eigenvalue weighted by Gasteiger charge is -2.16. The summed E-state index contributed by atoms with van der Waals surface area (Å²) in [6, 6.07) is 7.30. The van der Waals surface area contributed by atoms with Crippen LogP contribution in [0.5, 0.6) is 5.75 Å². The maximum absolute atomic E-state index is 12.0. The molecule has 0 saturated heterocycles. The minimum atomic E-state index is -0.473. The van der Waals surface area contributed by atoms with Crippen molar-refractivity contribution in [1.82, 2.24) is 9.78 Å². The molecule has 0 atom stereocenters. The molecule has 2 aromatic rings. The highest BCUT2D eigenvalue weighted by molar-refractivity contribution is 5.85. The molecule has 0 spiro atoms. The molecule has 29 heavy (non-hydrogen) atoms. The van der Waals surface area contributed by atoms with Crippen LogP contribution >= 0.6 is 0 Å². The third-order valence-electron chi connectivity index (χ3n) is 4.43. The van der Waals surface area contributed by atoms with Crippen molar-refractivity contribution in [1.29, 1.82) is 0 Å². The SMILES string of the molecule is CCCCOC(=O)Nc1ccc(-n2nc(C(C)(C)C)cc2N)c(OCCCC)c1. The summed E-state index contributed by atoms with van der Waals surface area (Å²) in [5.41, 5.74) is 8.35. The van der Waals surface area contributed by atoms with Gasteiger partial charge in [-0.1, -0.05) is 47.5 Å². The minimum Gasteiger partial charge on any atom is -0.491 e. The van der Waals surface area contributed by atoms with E-state index in [1.165, 1.54) is 0 Å². The average molecular weight is 403 g/mol. The highest BCUT2D eigenvalue weighted by atomic mass is 16.5. The first-order valence-corrected chi connectivity index (χ1v) is 10.3. The van der Waals surface area contributed by atoms with Crippen LogP contribution < -0.4 is 15.8 Å². The summed E-state index contributed by atoms with van der Waals surface area (Å²) in [5, 5.41) is 7.43. The second kappa shape index (κ2) is 10.2. The molecule has 0 fully saturated rings. The Morgan fingerprint density at radius 2 is 1.83 bits per heavy atom. The number of unbranched alkanes of at least 4 members (excludes halogenated alkanes) is 2. The Kier molecular flexibility index (Phi) is 7.93. The first-order valence-electron chi connectivity index (χ1n) is 10.3. The number of hydrogen-bond acceptors (Lipinski definition) is 5. The third kappa shape index (κ3) is 6.41. The number of nitrogens with two attached hydrogens (primary N) is 1. The zero-order chi connectivity index (χ0) is 21.4. The van der Waals surface area contributed by atoms with Crippen LogP contribution in [0.15, 0.2) is 24.3 Å². The van der Waals surface area contributed by atoms with Crippen molar-refractivity contribution in [3.05, 3.63) is 30.0 Å². The summed E-state index contributed by atoms with van der Waals surface area (Å²) in [6.45, 7) is 11.4. The van der Waals surface area contributed by atoms with Crippen molar-refractivity contribution >= 4 is 17.6 Å². The van der Waals surface area contributed by atoms with Crippen LogP contribution in [0.3, 0.4) is 0 Å². The molecule has 0 bridgehead atoms. The summed E-state index contributed by atoms with van der Waals surface area (Å²) >= 11 is 0. The van der Waals surface area contributed by atoms with E-state index in [9.17, 15) is 4.79 Å². The van der Waals surface area contributed by atoms with Crippen molar-refractivity contribution < 1.29 is 14.3 Å². The van der Waals surface area contributed by atoms with Gasteiger partial charge in [-0.25, -0.2) is 9.48 Å². The molecule has 1 amide bonds. The Labute approximate surface area is 173 Å². The van der Waals surface area contributed by atoms with Gasteiger partial charge in [0.05, 0.1) is 18.9 Å². The van der Waals surface area contributed by atoms with E-state index >= 15 is 0 Å². The van der Waals surface area contributed by atoms with Gasteiger partial charge in [0.1, 0.15) is 17.3 Å². The van der Waals surface area contributed by atoms with Gasteiger partial charge in [-0.2, -0.15) is 5.10 Å². The quantitative estimate of drug-likeness (QED) is 0.557. The van der Waals surface area contributed by atoms with E-state index in [0.29, 0.717) is 30.5 Å². The number of ether oxygens (including phenoxy) is 2. The van der Waals surface area contributed by atoms with E-state index in [-0.39, 0.29) is 5.41 Å². The van der Waals surface area contributed by atoms with Gasteiger partial charge in [-0.3, -0.25) is 5.32 Å². The predicted molar refractivity (Wildman–Crippen MR) is 117 cm³/mol. The molecule has 1 heterocycles. The summed E-state index contributed by atoms with van der Waals surface area (Å²) in [6.07, 6.45) is 3.29. The fraction of sp³-hybridized carbons (Fsp3) is 0.545. The van der Waals surface area contributed by atoms with Crippen LogP contribution in [-0.4, -0.2) is 29.1 Å². The Hall–Kier alpha value is -2.70. The highest BCUT2D eigenvalue weighted by Crippen LogP contribution is 2.31. The Morgan fingerprint density at radius 3 is 2.45 bits per heavy atom. The highest BCUT2D eigenvalue weighted by Gasteiger charge is 2.21. The first kappa shape index (κ1) is 22.6. The molecule has 0 unspecified atom stereocenters. The molecule has 0 aliphatic heterocycles. The Bertz CT molecular complexity index is 809. The predicted octanol–water partition coefficient (Wildman–Crippen LogP) is 5.28. The normalized spacial score (nSPS) is 11.3. The van der Waals surface area contributed by atoms with Crippen molar-refractivity contribution in [2.75, 3.05) is 24.3 Å². The van der Waals surface area contributed by atoms with Gasteiger partial charge in [0.2, 0.25) is 0 Å². The summed E-state index contributed by atoms with van der Waals surface area (Å²) in [4.78, 5) is 12.0. The fourth-order valence-electron chi connectivity index (χ4n) is 2.63. The topological polar surface area (TPSA) is 91.4 Å². The minimum absolute atomic E-state index is 0.119. The molecule has 0 radical (unpaired) electrons. The number of nitrogens with one attached hydrogen (secondary N) is 1. The van der Waals surface area contributed by atoms with Gasteiger partial charge in [-0.05, 0) is 25.0 Å². The lowest BCUT2D eigenvalue weighted by atomic mass is 9.92. The van der Waals surface area contributed by atoms with E-state index in [0.717, 1.165) is 37.1 Å². The molecule has 7 heteroatoms. The molecule has 1 aromatic carbocycles. The van der Waals surface area contributed by atoms with Crippen LogP contribution in [0.1, 0.15) is 66.0 Å². The molecule has 0 saturated carbocycles. The maximum atomic E-state index is 12.0. The first-order chi connectivity index (χ1) is 13.8. The summed E-state index contributed by atoms with van der Waals surface area (Å²) in [5.74, 6) is 1.15. The number of rotatable bonds is 9. The number of hydrogen-bond donors (Lipinski definition) is 2. The fourth-order valence-corrected chi connectivity index (χ4v) is 2.63. The molecule has 3 N–H and O–H groups in total. The van der Waals surface area contributed by atoms with E-state index in [4.69, 9.17) is 15.2 Å². The number of carbonyl (C=O) groups is 1.